The average Bonchev–Trinajstić information content (AvgIpc) is 3.19. The number of rotatable bonds is 15. The molecule has 2 aromatic carbocycles. The highest BCUT2D eigenvalue weighted by molar-refractivity contribution is 6.16. The summed E-state index contributed by atoms with van der Waals surface area (Å²) in [5, 5.41) is 0. The molecule has 38 heavy (non-hydrogen) atoms. The van der Waals surface area contributed by atoms with Crippen LogP contribution < -0.4 is 0 Å². The van der Waals surface area contributed by atoms with Crippen molar-refractivity contribution in [2.24, 2.45) is 0 Å². The molecular weight excluding hydrogens is 460 g/mol. The number of nitrogens with one attached hydrogen (secondary N) is 1. The minimum Gasteiger partial charge on any atom is -0.448 e. The third kappa shape index (κ3) is 7.37. The van der Waals surface area contributed by atoms with Gasteiger partial charge in [0.1, 0.15) is 0 Å². The molecule has 0 spiro atoms. The highest BCUT2D eigenvalue weighted by atomic mass is 15.3. The molecule has 0 aromatic heterocycles. The van der Waals surface area contributed by atoms with Crippen LogP contribution in [0.1, 0.15) is 119 Å². The molecule has 204 valence electrons. The number of hydrogen-bond donors (Lipinski definition) is 0. The van der Waals surface area contributed by atoms with Crippen LogP contribution >= 0.6 is 0 Å². The van der Waals surface area contributed by atoms with Crippen LogP contribution in [0.5, 0.6) is 0 Å². The number of allylic oxidation sites excluding steroid dienone is 4. The van der Waals surface area contributed by atoms with Gasteiger partial charge in [-0.05, 0) is 85.0 Å². The number of aryl methyl sites for hydroxylation is 4. The maximum Gasteiger partial charge on any atom is 0.216 e. The van der Waals surface area contributed by atoms with E-state index in [1.54, 1.807) is 4.68 Å². The van der Waals surface area contributed by atoms with Gasteiger partial charge in [-0.15, -0.1) is 0 Å². The fourth-order valence-corrected chi connectivity index (χ4v) is 5.44. The van der Waals surface area contributed by atoms with Crippen LogP contribution in [0.15, 0.2) is 66.3 Å². The lowest BCUT2D eigenvalue weighted by Crippen LogP contribution is -2.12. The van der Waals surface area contributed by atoms with Crippen LogP contribution in [0.25, 0.3) is 11.5 Å². The fraction of sp³-hybridized carbons (Fsp3) is 0.472. The van der Waals surface area contributed by atoms with Gasteiger partial charge in [0, 0.05) is 11.1 Å². The minimum atomic E-state index is 0.917. The normalized spacial score (nSPS) is 14.0. The third-order valence-corrected chi connectivity index (χ3v) is 7.86. The number of benzene rings is 2. The Labute approximate surface area is 233 Å². The molecule has 0 saturated heterocycles. The molecule has 0 amide bonds. The van der Waals surface area contributed by atoms with Crippen molar-refractivity contribution in [3.8, 4) is 0 Å². The van der Waals surface area contributed by atoms with Gasteiger partial charge in [0.2, 0.25) is 11.4 Å². The van der Waals surface area contributed by atoms with E-state index < -0.39 is 0 Å². The average molecular weight is 511 g/mol. The SMILES string of the molecule is C=C1C(C=CCCCCCCCCC)=C(c2cc(CC)cc(CC)c2)[N+]([NH-])=C1c1cc(CC)cc(CC)c1. The Balaban J connectivity index is 1.97. The lowest BCUT2D eigenvalue weighted by Gasteiger charge is -2.12. The Morgan fingerprint density at radius 3 is 1.63 bits per heavy atom. The molecule has 0 atom stereocenters. The molecule has 1 N–H and O–H groups in total. The van der Waals surface area contributed by atoms with Crippen molar-refractivity contribution in [2.45, 2.75) is 112 Å². The molecule has 0 unspecified atom stereocenters. The minimum absolute atomic E-state index is 0.917. The van der Waals surface area contributed by atoms with Crippen molar-refractivity contribution in [1.29, 1.82) is 0 Å². The topological polar surface area (TPSA) is 26.8 Å². The third-order valence-electron chi connectivity index (χ3n) is 7.86. The highest BCUT2D eigenvalue weighted by Gasteiger charge is 2.33. The van der Waals surface area contributed by atoms with Gasteiger partial charge in [0.25, 0.3) is 0 Å². The molecule has 1 aliphatic rings. The van der Waals surface area contributed by atoms with Crippen molar-refractivity contribution in [3.05, 3.63) is 105 Å². The van der Waals surface area contributed by atoms with Crippen molar-refractivity contribution in [1.82, 2.24) is 0 Å². The van der Waals surface area contributed by atoms with E-state index in [9.17, 15) is 5.84 Å². The lowest BCUT2D eigenvalue weighted by atomic mass is 9.93. The zero-order chi connectivity index (χ0) is 27.5. The van der Waals surface area contributed by atoms with Crippen molar-refractivity contribution in [2.75, 3.05) is 0 Å². The molecule has 2 heteroatoms. The van der Waals surface area contributed by atoms with Crippen molar-refractivity contribution >= 4 is 11.4 Å². The number of unbranched alkanes of at least 4 members (excludes halogenated alkanes) is 7. The molecule has 0 saturated carbocycles. The van der Waals surface area contributed by atoms with Gasteiger partial charge in [0.05, 0.1) is 11.1 Å². The van der Waals surface area contributed by atoms with Crippen LogP contribution in [0.4, 0.5) is 0 Å². The summed E-state index contributed by atoms with van der Waals surface area (Å²) in [6.45, 7) is 15.7. The van der Waals surface area contributed by atoms with E-state index in [-0.39, 0.29) is 0 Å². The van der Waals surface area contributed by atoms with E-state index in [2.05, 4.69) is 89.7 Å². The molecule has 2 nitrogen and oxygen atoms in total. The molecule has 1 aliphatic heterocycles. The van der Waals surface area contributed by atoms with E-state index in [4.69, 9.17) is 0 Å². The zero-order valence-corrected chi connectivity index (χ0v) is 24.8. The smallest absolute Gasteiger partial charge is 0.216 e. The summed E-state index contributed by atoms with van der Waals surface area (Å²) in [5.41, 5.74) is 11.5. The molecule has 0 aliphatic carbocycles. The fourth-order valence-electron chi connectivity index (χ4n) is 5.44. The predicted molar refractivity (Wildman–Crippen MR) is 167 cm³/mol. The Hall–Kier alpha value is -2.87. The van der Waals surface area contributed by atoms with E-state index >= 15 is 0 Å². The Morgan fingerprint density at radius 1 is 0.658 bits per heavy atom. The second kappa shape index (κ2) is 14.9. The summed E-state index contributed by atoms with van der Waals surface area (Å²) in [6, 6.07) is 13.7. The van der Waals surface area contributed by atoms with Crippen LogP contribution in [-0.2, 0) is 25.7 Å². The van der Waals surface area contributed by atoms with Gasteiger partial charge in [-0.3, -0.25) is 0 Å². The predicted octanol–water partition coefficient (Wildman–Crippen LogP) is 10.4. The van der Waals surface area contributed by atoms with Gasteiger partial charge in [0.15, 0.2) is 0 Å². The molecule has 0 bridgehead atoms. The van der Waals surface area contributed by atoms with E-state index in [1.165, 1.54) is 67.2 Å². The molecule has 0 fully saturated rings. The Morgan fingerprint density at radius 2 is 1.13 bits per heavy atom. The van der Waals surface area contributed by atoms with Gasteiger partial charge < -0.3 is 5.84 Å². The molecule has 1 heterocycles. The second-order valence-corrected chi connectivity index (χ2v) is 10.7. The first-order chi connectivity index (χ1) is 18.5. The van der Waals surface area contributed by atoms with Crippen LogP contribution in [0.2, 0.25) is 0 Å². The van der Waals surface area contributed by atoms with E-state index in [0.29, 0.717) is 0 Å². The summed E-state index contributed by atoms with van der Waals surface area (Å²) in [6.07, 6.45) is 18.9. The van der Waals surface area contributed by atoms with E-state index in [1.807, 2.05) is 0 Å². The summed E-state index contributed by atoms with van der Waals surface area (Å²) < 4.78 is 1.66. The van der Waals surface area contributed by atoms with Gasteiger partial charge in [-0.25, -0.2) is 4.68 Å². The molecule has 0 radical (unpaired) electrons. The maximum atomic E-state index is 9.36. The standard InChI is InChI=1S/C36H50N2/c1-7-12-13-14-15-16-17-18-19-20-34-27(6)35(32-23-28(8-2)21-29(9-3)24-32)38(37)36(34)33-25-30(10-4)22-31(11-5)26-33/h19-26,37H,6-18H2,1-5H3. The maximum absolute atomic E-state index is 9.36. The summed E-state index contributed by atoms with van der Waals surface area (Å²) in [5.74, 6) is 9.36. The number of nitrogens with zero attached hydrogens (tertiary/aromatic N) is 1. The monoisotopic (exact) mass is 510 g/mol. The summed E-state index contributed by atoms with van der Waals surface area (Å²) in [4.78, 5) is 0. The molecule has 2 aromatic rings. The number of hydrogen-bond acceptors (Lipinski definition) is 0. The quantitative estimate of drug-likeness (QED) is 0.168. The van der Waals surface area contributed by atoms with Gasteiger partial charge in [-0.1, -0.05) is 104 Å². The van der Waals surface area contributed by atoms with Crippen molar-refractivity contribution in [3.63, 3.8) is 0 Å². The Kier molecular flexibility index (Phi) is 11.6. The van der Waals surface area contributed by atoms with Crippen molar-refractivity contribution < 1.29 is 4.68 Å². The van der Waals surface area contributed by atoms with Gasteiger partial charge in [-0.2, -0.15) is 0 Å². The largest absolute Gasteiger partial charge is 0.448 e. The van der Waals surface area contributed by atoms with Crippen LogP contribution in [-0.4, -0.2) is 10.4 Å². The highest BCUT2D eigenvalue weighted by Crippen LogP contribution is 2.36. The first kappa shape index (κ1) is 29.7. The zero-order valence-electron chi connectivity index (χ0n) is 24.8. The Bertz CT molecular complexity index is 1150. The van der Waals surface area contributed by atoms with E-state index in [0.717, 1.165) is 65.8 Å². The summed E-state index contributed by atoms with van der Waals surface area (Å²) in [7, 11) is 0. The molecular formula is C36H50N2. The first-order valence-corrected chi connectivity index (χ1v) is 15.2. The first-order valence-electron chi connectivity index (χ1n) is 15.2. The summed E-state index contributed by atoms with van der Waals surface area (Å²) >= 11 is 0. The lowest BCUT2D eigenvalue weighted by molar-refractivity contribution is -0.347. The second-order valence-electron chi connectivity index (χ2n) is 10.7. The van der Waals surface area contributed by atoms with Crippen LogP contribution in [0, 0.1) is 0 Å². The van der Waals surface area contributed by atoms with Crippen LogP contribution in [0.3, 0.4) is 0 Å². The van der Waals surface area contributed by atoms with Gasteiger partial charge >= 0.3 is 0 Å². The molecule has 3 rings (SSSR count).